The van der Waals surface area contributed by atoms with E-state index in [1.165, 1.54) is 45.8 Å². The highest BCUT2D eigenvalue weighted by molar-refractivity contribution is 5.99. The van der Waals surface area contributed by atoms with Crippen molar-refractivity contribution in [1.29, 1.82) is 0 Å². The summed E-state index contributed by atoms with van der Waals surface area (Å²) in [5, 5.41) is 5.17. The van der Waals surface area contributed by atoms with Crippen LogP contribution >= 0.6 is 0 Å². The first-order chi connectivity index (χ1) is 18.4. The van der Waals surface area contributed by atoms with Crippen LogP contribution in [0.1, 0.15) is 11.1 Å². The third-order valence-corrected chi connectivity index (χ3v) is 7.21. The number of benzene rings is 3. The summed E-state index contributed by atoms with van der Waals surface area (Å²) in [6, 6.07) is 18.5. The molecule has 2 aromatic heterocycles. The molecule has 0 atom stereocenters. The van der Waals surface area contributed by atoms with Gasteiger partial charge in [-0.3, -0.25) is 0 Å². The molecule has 3 aromatic carbocycles. The first-order valence-electron chi connectivity index (χ1n) is 12.5. The van der Waals surface area contributed by atoms with Crippen LogP contribution in [0.4, 0.5) is 26.2 Å². The predicted molar refractivity (Wildman–Crippen MR) is 147 cm³/mol. The number of nitrogens with two attached hydrogens (primary N) is 1. The smallest absolute Gasteiger partial charge is 0.228 e. The van der Waals surface area contributed by atoms with Gasteiger partial charge < -0.3 is 15.5 Å². The Morgan fingerprint density at radius 1 is 0.789 bits per heavy atom. The van der Waals surface area contributed by atoms with Crippen molar-refractivity contribution in [3.63, 3.8) is 0 Å². The molecule has 1 saturated heterocycles. The van der Waals surface area contributed by atoms with Crippen LogP contribution < -0.4 is 15.5 Å². The van der Waals surface area contributed by atoms with Crippen LogP contribution in [0.5, 0.6) is 0 Å². The van der Waals surface area contributed by atoms with E-state index in [1.807, 2.05) is 0 Å². The van der Waals surface area contributed by atoms with Crippen molar-refractivity contribution in [2.24, 2.45) is 0 Å². The molecule has 38 heavy (non-hydrogen) atoms. The molecule has 0 radical (unpaired) electrons. The van der Waals surface area contributed by atoms with E-state index in [2.05, 4.69) is 46.9 Å². The van der Waals surface area contributed by atoms with Crippen LogP contribution in [0.2, 0.25) is 0 Å². The lowest BCUT2D eigenvalue weighted by molar-refractivity contribution is 0.625. The van der Waals surface area contributed by atoms with Crippen molar-refractivity contribution >= 4 is 28.5 Å². The van der Waals surface area contributed by atoms with Gasteiger partial charge in [-0.15, -0.1) is 5.10 Å². The fraction of sp³-hybridized carbons (Fsp3) is 0.207. The van der Waals surface area contributed by atoms with Crippen LogP contribution in [-0.4, -0.2) is 45.9 Å². The summed E-state index contributed by atoms with van der Waals surface area (Å²) < 4.78 is 29.2. The second kappa shape index (κ2) is 9.41. The Morgan fingerprint density at radius 2 is 1.50 bits per heavy atom. The Kier molecular flexibility index (Phi) is 5.90. The summed E-state index contributed by atoms with van der Waals surface area (Å²) in [5.41, 5.74) is 12.5. The zero-order chi connectivity index (χ0) is 26.4. The molecule has 3 heterocycles. The number of aryl methyl sites for hydroxylation is 1. The zero-order valence-corrected chi connectivity index (χ0v) is 21.2. The van der Waals surface area contributed by atoms with Crippen molar-refractivity contribution in [2.45, 2.75) is 13.8 Å². The normalized spacial score (nSPS) is 13.9. The third kappa shape index (κ3) is 4.19. The maximum atomic E-state index is 14.0. The van der Waals surface area contributed by atoms with Gasteiger partial charge in [-0.25, -0.2) is 18.4 Å². The predicted octanol–water partition coefficient (Wildman–Crippen LogP) is 5.29. The minimum atomic E-state index is -0.395. The molecule has 1 aliphatic heterocycles. The topological polar surface area (TPSA) is 76.1 Å². The second-order valence-electron chi connectivity index (χ2n) is 9.55. The standard InChI is InChI=1S/C29H27F2N7/c1-18-5-3-8-24(19(18)2)36-13-15-37(16-14-36)29-33-26(20-9-11-21(30)12-10-20)25-27(32)38(35-28(25)34-29)23-7-4-6-22(31)17-23/h3-12,17H,13-16,32H2,1-2H3. The van der Waals surface area contributed by atoms with E-state index in [9.17, 15) is 8.78 Å². The van der Waals surface area contributed by atoms with Crippen LogP contribution in [0, 0.1) is 25.5 Å². The highest BCUT2D eigenvalue weighted by Crippen LogP contribution is 2.34. The van der Waals surface area contributed by atoms with Gasteiger partial charge in [0, 0.05) is 37.4 Å². The average Bonchev–Trinajstić information content (AvgIpc) is 3.26. The number of hydrogen-bond donors (Lipinski definition) is 1. The van der Waals surface area contributed by atoms with Gasteiger partial charge in [0.1, 0.15) is 17.5 Å². The van der Waals surface area contributed by atoms with E-state index in [-0.39, 0.29) is 11.6 Å². The average molecular weight is 512 g/mol. The zero-order valence-electron chi connectivity index (χ0n) is 21.2. The molecule has 1 fully saturated rings. The number of hydrogen-bond acceptors (Lipinski definition) is 6. The molecule has 1 aliphatic rings. The van der Waals surface area contributed by atoms with Gasteiger partial charge in [-0.1, -0.05) is 18.2 Å². The molecule has 5 aromatic rings. The molecule has 6 rings (SSSR count). The minimum absolute atomic E-state index is 0.288. The van der Waals surface area contributed by atoms with E-state index in [0.29, 0.717) is 33.9 Å². The van der Waals surface area contributed by atoms with E-state index in [0.717, 1.165) is 26.2 Å². The number of fused-ring (bicyclic) bond motifs is 1. The van der Waals surface area contributed by atoms with E-state index in [1.54, 1.807) is 24.3 Å². The van der Waals surface area contributed by atoms with Crippen molar-refractivity contribution in [1.82, 2.24) is 19.7 Å². The monoisotopic (exact) mass is 511 g/mol. The first kappa shape index (κ1) is 23.8. The van der Waals surface area contributed by atoms with Crippen molar-refractivity contribution in [3.8, 4) is 16.9 Å². The molecule has 2 N–H and O–H groups in total. The Labute approximate surface area is 219 Å². The SMILES string of the molecule is Cc1cccc(N2CCN(c3nc(-c4ccc(F)cc4)c4c(N)n(-c5cccc(F)c5)nc4n3)CC2)c1C. The van der Waals surface area contributed by atoms with Gasteiger partial charge in [0.15, 0.2) is 5.65 Å². The van der Waals surface area contributed by atoms with Crippen molar-refractivity contribution in [2.75, 3.05) is 41.7 Å². The van der Waals surface area contributed by atoms with Crippen molar-refractivity contribution < 1.29 is 8.78 Å². The van der Waals surface area contributed by atoms with Gasteiger partial charge in [0.2, 0.25) is 5.95 Å². The molecular weight excluding hydrogens is 484 g/mol. The molecule has 0 bridgehead atoms. The number of aromatic nitrogens is 4. The van der Waals surface area contributed by atoms with Crippen molar-refractivity contribution in [3.05, 3.63) is 89.5 Å². The van der Waals surface area contributed by atoms with Gasteiger partial charge in [-0.2, -0.15) is 4.98 Å². The highest BCUT2D eigenvalue weighted by atomic mass is 19.1. The summed E-state index contributed by atoms with van der Waals surface area (Å²) in [4.78, 5) is 14.2. The highest BCUT2D eigenvalue weighted by Gasteiger charge is 2.25. The van der Waals surface area contributed by atoms with Crippen LogP contribution in [0.25, 0.3) is 28.0 Å². The van der Waals surface area contributed by atoms with E-state index < -0.39 is 5.82 Å². The van der Waals surface area contributed by atoms with Crippen LogP contribution in [-0.2, 0) is 0 Å². The number of nitrogen functional groups attached to an aromatic ring is 1. The van der Waals surface area contributed by atoms with Crippen LogP contribution in [0.3, 0.4) is 0 Å². The molecule has 9 heteroatoms. The van der Waals surface area contributed by atoms with E-state index in [4.69, 9.17) is 15.7 Å². The summed E-state index contributed by atoms with van der Waals surface area (Å²) in [5.74, 6) is 0.0801. The molecule has 0 aliphatic carbocycles. The molecule has 0 unspecified atom stereocenters. The van der Waals surface area contributed by atoms with Crippen LogP contribution in [0.15, 0.2) is 66.7 Å². The Balaban J connectivity index is 1.41. The van der Waals surface area contributed by atoms with E-state index >= 15 is 0 Å². The number of rotatable bonds is 4. The third-order valence-electron chi connectivity index (χ3n) is 7.21. The van der Waals surface area contributed by atoms with Gasteiger partial charge >= 0.3 is 0 Å². The van der Waals surface area contributed by atoms with Gasteiger partial charge in [0.05, 0.1) is 16.8 Å². The second-order valence-corrected chi connectivity index (χ2v) is 9.55. The molecule has 0 amide bonds. The van der Waals surface area contributed by atoms with Gasteiger partial charge in [-0.05, 0) is 73.5 Å². The fourth-order valence-corrected chi connectivity index (χ4v) is 4.99. The lowest BCUT2D eigenvalue weighted by Crippen LogP contribution is -2.47. The summed E-state index contributed by atoms with van der Waals surface area (Å²) in [6.45, 7) is 7.37. The Morgan fingerprint density at radius 3 is 2.24 bits per heavy atom. The first-order valence-corrected chi connectivity index (χ1v) is 12.5. The summed E-state index contributed by atoms with van der Waals surface area (Å²) in [7, 11) is 0. The quantitative estimate of drug-likeness (QED) is 0.354. The maximum Gasteiger partial charge on any atom is 0.228 e. The molecule has 0 saturated carbocycles. The molecule has 0 spiro atoms. The minimum Gasteiger partial charge on any atom is -0.383 e. The molecule has 7 nitrogen and oxygen atoms in total. The lowest BCUT2D eigenvalue weighted by Gasteiger charge is -2.37. The maximum absolute atomic E-state index is 14.0. The summed E-state index contributed by atoms with van der Waals surface area (Å²) in [6.07, 6.45) is 0. The number of piperazine rings is 1. The number of nitrogens with zero attached hydrogens (tertiary/aromatic N) is 6. The molecule has 192 valence electrons. The fourth-order valence-electron chi connectivity index (χ4n) is 4.99. The Bertz CT molecular complexity index is 1640. The number of anilines is 3. The summed E-state index contributed by atoms with van der Waals surface area (Å²) >= 11 is 0. The number of halogens is 2. The molecular formula is C29H27F2N7. The lowest BCUT2D eigenvalue weighted by atomic mass is 10.1. The Hall–Kier alpha value is -4.53. The largest absolute Gasteiger partial charge is 0.383 e. The van der Waals surface area contributed by atoms with Gasteiger partial charge in [0.25, 0.3) is 0 Å².